The van der Waals surface area contributed by atoms with Crippen LogP contribution in [-0.4, -0.2) is 25.5 Å². The van der Waals surface area contributed by atoms with E-state index in [-0.39, 0.29) is 16.5 Å². The van der Waals surface area contributed by atoms with Gasteiger partial charge in [-0.15, -0.1) is 11.6 Å². The second-order valence-corrected chi connectivity index (χ2v) is 6.51. The van der Waals surface area contributed by atoms with Crippen molar-refractivity contribution in [2.75, 3.05) is 11.2 Å². The van der Waals surface area contributed by atoms with Crippen LogP contribution < -0.4 is 5.32 Å². The summed E-state index contributed by atoms with van der Waals surface area (Å²) in [7, 11) is -3.42. The van der Waals surface area contributed by atoms with Crippen LogP contribution in [0.4, 0.5) is 5.69 Å². The lowest BCUT2D eigenvalue weighted by Gasteiger charge is -2.13. The van der Waals surface area contributed by atoms with Crippen molar-refractivity contribution in [3.63, 3.8) is 0 Å². The van der Waals surface area contributed by atoms with Crippen LogP contribution in [-0.2, 0) is 14.6 Å². The van der Waals surface area contributed by atoms with Gasteiger partial charge in [-0.1, -0.05) is 12.1 Å². The van der Waals surface area contributed by atoms with Crippen LogP contribution in [0.15, 0.2) is 29.2 Å². The molecule has 17 heavy (non-hydrogen) atoms. The molecule has 6 heteroatoms. The molecule has 94 valence electrons. The number of hydrogen-bond acceptors (Lipinski definition) is 3. The largest absolute Gasteiger partial charge is 0.324 e. The van der Waals surface area contributed by atoms with E-state index >= 15 is 0 Å². The Balaban J connectivity index is 3.22. The van der Waals surface area contributed by atoms with Crippen LogP contribution in [0.3, 0.4) is 0 Å². The summed E-state index contributed by atoms with van der Waals surface area (Å²) in [5.74, 6) is -0.645. The SMILES string of the molecule is CC(C)S(=O)(=O)c1ccccc1NC(=O)CCl. The molecule has 0 unspecified atom stereocenters. The predicted molar refractivity (Wildman–Crippen MR) is 68.1 cm³/mol. The van der Waals surface area contributed by atoms with Gasteiger partial charge in [0.25, 0.3) is 0 Å². The molecule has 0 radical (unpaired) electrons. The first kappa shape index (κ1) is 14.0. The number of halogens is 1. The number of hydrogen-bond donors (Lipinski definition) is 1. The Hall–Kier alpha value is -1.07. The molecule has 0 atom stereocenters. The monoisotopic (exact) mass is 275 g/mol. The summed E-state index contributed by atoms with van der Waals surface area (Å²) in [6.45, 7) is 3.19. The number of nitrogens with one attached hydrogen (secondary N) is 1. The van der Waals surface area contributed by atoms with E-state index in [9.17, 15) is 13.2 Å². The van der Waals surface area contributed by atoms with Crippen LogP contribution in [0.1, 0.15) is 13.8 Å². The van der Waals surface area contributed by atoms with Gasteiger partial charge >= 0.3 is 0 Å². The lowest BCUT2D eigenvalue weighted by molar-refractivity contribution is -0.113. The molecule has 0 aromatic heterocycles. The highest BCUT2D eigenvalue weighted by Gasteiger charge is 2.22. The second-order valence-electron chi connectivity index (χ2n) is 3.77. The highest BCUT2D eigenvalue weighted by atomic mass is 35.5. The summed E-state index contributed by atoms with van der Waals surface area (Å²) in [4.78, 5) is 11.3. The molecule has 0 saturated heterocycles. The molecule has 0 heterocycles. The van der Waals surface area contributed by atoms with Crippen molar-refractivity contribution in [1.82, 2.24) is 0 Å². The normalized spacial score (nSPS) is 11.5. The molecule has 1 aromatic rings. The van der Waals surface area contributed by atoms with E-state index in [0.29, 0.717) is 0 Å². The fraction of sp³-hybridized carbons (Fsp3) is 0.364. The number of sulfone groups is 1. The first-order valence-corrected chi connectivity index (χ1v) is 7.16. The van der Waals surface area contributed by atoms with Crippen molar-refractivity contribution in [2.24, 2.45) is 0 Å². The van der Waals surface area contributed by atoms with E-state index in [1.807, 2.05) is 0 Å². The van der Waals surface area contributed by atoms with Gasteiger partial charge in [0.1, 0.15) is 5.88 Å². The lowest BCUT2D eigenvalue weighted by atomic mass is 10.3. The number of rotatable bonds is 4. The minimum Gasteiger partial charge on any atom is -0.324 e. The van der Waals surface area contributed by atoms with E-state index in [2.05, 4.69) is 5.32 Å². The average Bonchev–Trinajstić information content (AvgIpc) is 2.29. The van der Waals surface area contributed by atoms with Gasteiger partial charge in [-0.05, 0) is 26.0 Å². The molecule has 1 aromatic carbocycles. The Morgan fingerprint density at radius 3 is 2.47 bits per heavy atom. The summed E-state index contributed by atoms with van der Waals surface area (Å²) in [5, 5.41) is 1.93. The van der Waals surface area contributed by atoms with Crippen molar-refractivity contribution < 1.29 is 13.2 Å². The first-order chi connectivity index (χ1) is 7.89. The maximum Gasteiger partial charge on any atom is 0.239 e. The summed E-state index contributed by atoms with van der Waals surface area (Å²) in [5.41, 5.74) is 0.270. The third kappa shape index (κ3) is 3.20. The minimum atomic E-state index is -3.42. The van der Waals surface area contributed by atoms with Crippen molar-refractivity contribution >= 4 is 33.0 Å². The zero-order valence-electron chi connectivity index (χ0n) is 9.60. The number of benzene rings is 1. The summed E-state index contributed by atoms with van der Waals surface area (Å²) < 4.78 is 24.1. The fourth-order valence-electron chi connectivity index (χ4n) is 1.26. The highest BCUT2D eigenvalue weighted by Crippen LogP contribution is 2.24. The second kappa shape index (κ2) is 5.51. The Morgan fingerprint density at radius 2 is 1.94 bits per heavy atom. The molecule has 1 N–H and O–H groups in total. The zero-order valence-corrected chi connectivity index (χ0v) is 11.2. The summed E-state index contributed by atoms with van der Waals surface area (Å²) >= 11 is 5.37. The predicted octanol–water partition coefficient (Wildman–Crippen LogP) is 2.05. The molecule has 0 aliphatic carbocycles. The molecule has 1 rings (SSSR count). The van der Waals surface area contributed by atoms with Crippen molar-refractivity contribution in [3.8, 4) is 0 Å². The van der Waals surface area contributed by atoms with E-state index in [4.69, 9.17) is 11.6 Å². The van der Waals surface area contributed by atoms with Crippen molar-refractivity contribution in [2.45, 2.75) is 24.0 Å². The van der Waals surface area contributed by atoms with Crippen LogP contribution in [0.25, 0.3) is 0 Å². The van der Waals surface area contributed by atoms with Gasteiger partial charge < -0.3 is 5.32 Å². The smallest absolute Gasteiger partial charge is 0.239 e. The van der Waals surface area contributed by atoms with E-state index in [1.165, 1.54) is 6.07 Å². The third-order valence-corrected chi connectivity index (χ3v) is 4.66. The van der Waals surface area contributed by atoms with Gasteiger partial charge in [0, 0.05) is 0 Å². The first-order valence-electron chi connectivity index (χ1n) is 5.08. The quantitative estimate of drug-likeness (QED) is 0.856. The molecule has 0 saturated carbocycles. The number of amides is 1. The average molecular weight is 276 g/mol. The molecule has 1 amide bonds. The molecule has 0 bridgehead atoms. The van der Waals surface area contributed by atoms with Crippen molar-refractivity contribution in [3.05, 3.63) is 24.3 Å². The van der Waals surface area contributed by atoms with E-state index in [1.54, 1.807) is 32.0 Å². The molecule has 0 aliphatic heterocycles. The number of carbonyl (C=O) groups is 1. The Kier molecular flexibility index (Phi) is 4.54. The Bertz CT molecular complexity index is 511. The summed E-state index contributed by atoms with van der Waals surface area (Å²) in [6.07, 6.45) is 0. The molecule has 0 aliphatic rings. The molecular formula is C11H14ClNO3S. The third-order valence-electron chi connectivity index (χ3n) is 2.21. The zero-order chi connectivity index (χ0) is 13.1. The van der Waals surface area contributed by atoms with Crippen LogP contribution in [0.2, 0.25) is 0 Å². The molecule has 4 nitrogen and oxygen atoms in total. The highest BCUT2D eigenvalue weighted by molar-refractivity contribution is 7.92. The number of alkyl halides is 1. The van der Waals surface area contributed by atoms with Gasteiger partial charge in [0.15, 0.2) is 9.84 Å². The molecule has 0 spiro atoms. The van der Waals surface area contributed by atoms with Gasteiger partial charge in [-0.3, -0.25) is 4.79 Å². The fourth-order valence-corrected chi connectivity index (χ4v) is 2.52. The maximum absolute atomic E-state index is 12.0. The molecule has 0 fully saturated rings. The van der Waals surface area contributed by atoms with Crippen LogP contribution in [0, 0.1) is 0 Å². The van der Waals surface area contributed by atoms with Gasteiger partial charge in [0.05, 0.1) is 15.8 Å². The molecular weight excluding hydrogens is 262 g/mol. The standard InChI is InChI=1S/C11H14ClNO3S/c1-8(2)17(15,16)10-6-4-3-5-9(10)13-11(14)7-12/h3-6,8H,7H2,1-2H3,(H,13,14). The van der Waals surface area contributed by atoms with Crippen molar-refractivity contribution in [1.29, 1.82) is 0 Å². The van der Waals surface area contributed by atoms with Crippen LogP contribution >= 0.6 is 11.6 Å². The number of para-hydroxylation sites is 1. The van der Waals surface area contributed by atoms with Gasteiger partial charge in [-0.2, -0.15) is 0 Å². The van der Waals surface area contributed by atoms with Crippen LogP contribution in [0.5, 0.6) is 0 Å². The summed E-state index contributed by atoms with van der Waals surface area (Å²) in [6, 6.07) is 6.29. The van der Waals surface area contributed by atoms with E-state index in [0.717, 1.165) is 0 Å². The number of carbonyl (C=O) groups excluding carboxylic acids is 1. The van der Waals surface area contributed by atoms with Gasteiger partial charge in [0.2, 0.25) is 5.91 Å². The lowest BCUT2D eigenvalue weighted by Crippen LogP contribution is -2.19. The Labute approximate surface area is 106 Å². The minimum absolute atomic E-state index is 0.119. The maximum atomic E-state index is 12.0. The topological polar surface area (TPSA) is 63.2 Å². The number of anilines is 1. The van der Waals surface area contributed by atoms with Gasteiger partial charge in [-0.25, -0.2) is 8.42 Å². The van der Waals surface area contributed by atoms with E-state index < -0.39 is 21.0 Å². The Morgan fingerprint density at radius 1 is 1.35 bits per heavy atom.